The molecule has 1 heterocycles. The van der Waals surface area contributed by atoms with E-state index in [0.717, 1.165) is 0 Å². The lowest BCUT2D eigenvalue weighted by Gasteiger charge is -2.28. The van der Waals surface area contributed by atoms with Crippen LogP contribution >= 0.6 is 23.2 Å². The maximum absolute atomic E-state index is 12.7. The van der Waals surface area contributed by atoms with Gasteiger partial charge in [-0.15, -0.1) is 13.2 Å². The normalized spacial score (nSPS) is 15.0. The van der Waals surface area contributed by atoms with Gasteiger partial charge in [0.2, 0.25) is 0 Å². The highest BCUT2D eigenvalue weighted by molar-refractivity contribution is 6.43. The van der Waals surface area contributed by atoms with Crippen molar-refractivity contribution in [3.8, 4) is 22.6 Å². The first kappa shape index (κ1) is 17.2. The summed E-state index contributed by atoms with van der Waals surface area (Å²) in [4.78, 5) is 0. The molecule has 1 fully saturated rings. The third kappa shape index (κ3) is 3.88. The Kier molecular flexibility index (Phi) is 4.80. The highest BCUT2D eigenvalue weighted by Gasteiger charge is 2.33. The van der Waals surface area contributed by atoms with Crippen LogP contribution in [0.3, 0.4) is 0 Å². The van der Waals surface area contributed by atoms with Crippen LogP contribution in [0, 0.1) is 0 Å². The van der Waals surface area contributed by atoms with E-state index in [4.69, 9.17) is 27.9 Å². The van der Waals surface area contributed by atoms with E-state index >= 15 is 0 Å². The Morgan fingerprint density at radius 3 is 2.42 bits per heavy atom. The molecule has 0 radical (unpaired) electrons. The fourth-order valence-corrected chi connectivity index (χ4v) is 2.64. The molecule has 0 saturated carbocycles. The number of nitrogens with one attached hydrogen (secondary N) is 1. The lowest BCUT2D eigenvalue weighted by atomic mass is 10.0. The molecule has 1 saturated heterocycles. The first-order valence-corrected chi connectivity index (χ1v) is 7.80. The summed E-state index contributed by atoms with van der Waals surface area (Å²) in [5.74, 6) is -0.385. The van der Waals surface area contributed by atoms with Gasteiger partial charge in [-0.1, -0.05) is 41.4 Å². The molecule has 0 unspecified atom stereocenters. The monoisotopic (exact) mass is 377 g/mol. The molecule has 0 spiro atoms. The Bertz CT molecular complexity index is 749. The summed E-state index contributed by atoms with van der Waals surface area (Å²) in [7, 11) is 0. The number of ether oxygens (including phenoxy) is 2. The molecule has 0 atom stereocenters. The van der Waals surface area contributed by atoms with Crippen molar-refractivity contribution in [3.63, 3.8) is 0 Å². The SMILES string of the molecule is FC(F)(F)Oc1cc(-c2cccc(Cl)c2Cl)ccc1OC1CNC1. The molecule has 2 aromatic rings. The molecule has 3 nitrogen and oxygen atoms in total. The molecule has 0 amide bonds. The van der Waals surface area contributed by atoms with E-state index in [1.807, 2.05) is 0 Å². The largest absolute Gasteiger partial charge is 0.573 e. The van der Waals surface area contributed by atoms with Gasteiger partial charge in [0.25, 0.3) is 0 Å². The van der Waals surface area contributed by atoms with E-state index in [1.54, 1.807) is 24.3 Å². The predicted octanol–water partition coefficient (Wildman–Crippen LogP) is 4.91. The van der Waals surface area contributed by atoms with Gasteiger partial charge in [0.05, 0.1) is 10.0 Å². The summed E-state index contributed by atoms with van der Waals surface area (Å²) in [6.07, 6.45) is -5.01. The number of hydrogen-bond donors (Lipinski definition) is 1. The molecule has 128 valence electrons. The second-order valence-corrected chi connectivity index (χ2v) is 5.99. The molecule has 1 aliphatic heterocycles. The lowest BCUT2D eigenvalue weighted by Crippen LogP contribution is -2.50. The van der Waals surface area contributed by atoms with Crippen LogP contribution in [0.4, 0.5) is 13.2 Å². The summed E-state index contributed by atoms with van der Waals surface area (Å²) in [5.41, 5.74) is 0.953. The molecule has 0 bridgehead atoms. The van der Waals surface area contributed by atoms with E-state index in [0.29, 0.717) is 29.2 Å². The average molecular weight is 378 g/mol. The van der Waals surface area contributed by atoms with E-state index in [9.17, 15) is 13.2 Å². The van der Waals surface area contributed by atoms with Crippen molar-refractivity contribution >= 4 is 23.2 Å². The topological polar surface area (TPSA) is 30.5 Å². The van der Waals surface area contributed by atoms with Crippen LogP contribution in [-0.2, 0) is 0 Å². The summed E-state index contributed by atoms with van der Waals surface area (Å²) in [6, 6.07) is 9.22. The number of halogens is 5. The van der Waals surface area contributed by atoms with Crippen molar-refractivity contribution in [3.05, 3.63) is 46.4 Å². The van der Waals surface area contributed by atoms with E-state index in [2.05, 4.69) is 10.1 Å². The third-order valence-electron chi connectivity index (χ3n) is 3.47. The summed E-state index contributed by atoms with van der Waals surface area (Å²) < 4.78 is 47.7. The smallest absolute Gasteiger partial charge is 0.484 e. The maximum atomic E-state index is 12.7. The van der Waals surface area contributed by atoms with Gasteiger partial charge in [-0.2, -0.15) is 0 Å². The van der Waals surface area contributed by atoms with Crippen LogP contribution in [-0.4, -0.2) is 25.6 Å². The molecule has 1 aliphatic rings. The number of rotatable bonds is 4. The Morgan fingerprint density at radius 2 is 1.79 bits per heavy atom. The Morgan fingerprint density at radius 1 is 1.04 bits per heavy atom. The fraction of sp³-hybridized carbons (Fsp3) is 0.250. The summed E-state index contributed by atoms with van der Waals surface area (Å²) >= 11 is 12.1. The Labute approximate surface area is 146 Å². The quantitative estimate of drug-likeness (QED) is 0.820. The molecular weight excluding hydrogens is 366 g/mol. The number of hydrogen-bond acceptors (Lipinski definition) is 3. The van der Waals surface area contributed by atoms with Crippen molar-refractivity contribution in [1.82, 2.24) is 5.32 Å². The van der Waals surface area contributed by atoms with Gasteiger partial charge in [-0.3, -0.25) is 0 Å². The van der Waals surface area contributed by atoms with Gasteiger partial charge in [0, 0.05) is 18.7 Å². The fourth-order valence-electron chi connectivity index (χ4n) is 2.23. The standard InChI is InChI=1S/C16H12Cl2F3NO2/c17-12-3-1-2-11(15(12)18)9-4-5-13(23-10-7-22-8-10)14(6-9)24-16(19,20)21/h1-6,10,22H,7-8H2. The Balaban J connectivity index is 1.99. The van der Waals surface area contributed by atoms with Crippen LogP contribution in [0.15, 0.2) is 36.4 Å². The first-order chi connectivity index (χ1) is 11.3. The van der Waals surface area contributed by atoms with Crippen molar-refractivity contribution < 1.29 is 22.6 Å². The van der Waals surface area contributed by atoms with E-state index in [1.165, 1.54) is 12.1 Å². The van der Waals surface area contributed by atoms with Crippen molar-refractivity contribution in [2.75, 3.05) is 13.1 Å². The lowest BCUT2D eigenvalue weighted by molar-refractivity contribution is -0.275. The number of alkyl halides is 3. The van der Waals surface area contributed by atoms with Gasteiger partial charge < -0.3 is 14.8 Å². The number of benzene rings is 2. The molecule has 3 rings (SSSR count). The minimum Gasteiger partial charge on any atom is -0.484 e. The van der Waals surface area contributed by atoms with E-state index < -0.39 is 12.1 Å². The van der Waals surface area contributed by atoms with Gasteiger partial charge in [-0.05, 0) is 23.8 Å². The van der Waals surface area contributed by atoms with Crippen molar-refractivity contribution in [2.45, 2.75) is 12.5 Å². The van der Waals surface area contributed by atoms with Gasteiger partial charge >= 0.3 is 6.36 Å². The second-order valence-electron chi connectivity index (χ2n) is 5.21. The van der Waals surface area contributed by atoms with Crippen LogP contribution in [0.1, 0.15) is 0 Å². The molecule has 1 N–H and O–H groups in total. The maximum Gasteiger partial charge on any atom is 0.573 e. The minimum absolute atomic E-state index is 0.0284. The summed E-state index contributed by atoms with van der Waals surface area (Å²) in [5, 5.41) is 3.55. The van der Waals surface area contributed by atoms with Crippen LogP contribution < -0.4 is 14.8 Å². The molecule has 24 heavy (non-hydrogen) atoms. The highest BCUT2D eigenvalue weighted by Crippen LogP contribution is 2.40. The average Bonchev–Trinajstić information content (AvgIpc) is 2.45. The predicted molar refractivity (Wildman–Crippen MR) is 85.9 cm³/mol. The highest BCUT2D eigenvalue weighted by atomic mass is 35.5. The second kappa shape index (κ2) is 6.70. The first-order valence-electron chi connectivity index (χ1n) is 7.05. The zero-order chi connectivity index (χ0) is 17.3. The van der Waals surface area contributed by atoms with Crippen LogP contribution in [0.25, 0.3) is 11.1 Å². The molecule has 0 aliphatic carbocycles. The van der Waals surface area contributed by atoms with Gasteiger partial charge in [0.15, 0.2) is 11.5 Å². The zero-order valence-electron chi connectivity index (χ0n) is 12.2. The Hall–Kier alpha value is -1.63. The summed E-state index contributed by atoms with van der Waals surface area (Å²) in [6.45, 7) is 1.15. The van der Waals surface area contributed by atoms with E-state index in [-0.39, 0.29) is 16.9 Å². The van der Waals surface area contributed by atoms with Crippen molar-refractivity contribution in [1.29, 1.82) is 0 Å². The molecular formula is C16H12Cl2F3NO2. The van der Waals surface area contributed by atoms with Crippen LogP contribution in [0.5, 0.6) is 11.5 Å². The molecule has 2 aromatic carbocycles. The third-order valence-corrected chi connectivity index (χ3v) is 4.29. The van der Waals surface area contributed by atoms with Gasteiger partial charge in [-0.25, -0.2) is 0 Å². The van der Waals surface area contributed by atoms with Gasteiger partial charge in [0.1, 0.15) is 6.10 Å². The van der Waals surface area contributed by atoms with Crippen molar-refractivity contribution in [2.24, 2.45) is 0 Å². The van der Waals surface area contributed by atoms with Crippen LogP contribution in [0.2, 0.25) is 10.0 Å². The minimum atomic E-state index is -4.83. The zero-order valence-corrected chi connectivity index (χ0v) is 13.7. The molecule has 8 heteroatoms. The molecule has 0 aromatic heterocycles.